The summed E-state index contributed by atoms with van der Waals surface area (Å²) >= 11 is 4.24. The maximum Gasteiger partial charge on any atom is 0.247 e. The Morgan fingerprint density at radius 1 is 1.40 bits per heavy atom. The minimum Gasteiger partial charge on any atom is -0.340 e. The molecule has 0 saturated carbocycles. The number of nitrogens with two attached hydrogens (primary N) is 1. The standard InChI is InChI=1S/C10H16NO2PS/c1-10(2,15)9(11)14(12,13)8-6-4-3-5-7-8/h3-7,9,15H,11H2,1-2H3,(H,12,13). The second kappa shape index (κ2) is 4.30. The fourth-order valence-corrected chi connectivity index (χ4v) is 3.48. The van der Waals surface area contributed by atoms with Gasteiger partial charge < -0.3 is 10.6 Å². The Morgan fingerprint density at radius 2 is 1.87 bits per heavy atom. The van der Waals surface area contributed by atoms with Gasteiger partial charge in [0.2, 0.25) is 7.37 Å². The highest BCUT2D eigenvalue weighted by Gasteiger charge is 2.38. The molecule has 0 radical (unpaired) electrons. The fraction of sp³-hybridized carbons (Fsp3) is 0.400. The maximum atomic E-state index is 12.1. The molecule has 15 heavy (non-hydrogen) atoms. The predicted octanol–water partition coefficient (Wildman–Crippen LogP) is 1.58. The first-order chi connectivity index (χ1) is 6.76. The molecular formula is C10H16NO2PS. The maximum absolute atomic E-state index is 12.1. The second-order valence-corrected chi connectivity index (χ2v) is 7.53. The molecule has 0 aliphatic heterocycles. The molecular weight excluding hydrogens is 229 g/mol. The van der Waals surface area contributed by atoms with Crippen molar-refractivity contribution in [1.29, 1.82) is 0 Å². The summed E-state index contributed by atoms with van der Waals surface area (Å²) in [4.78, 5) is 9.97. The highest BCUT2D eigenvalue weighted by atomic mass is 32.1. The van der Waals surface area contributed by atoms with Crippen LogP contribution in [0.4, 0.5) is 0 Å². The van der Waals surface area contributed by atoms with Crippen molar-refractivity contribution < 1.29 is 9.46 Å². The third kappa shape index (κ3) is 2.85. The molecule has 0 spiro atoms. The number of hydrogen-bond donors (Lipinski definition) is 3. The summed E-state index contributed by atoms with van der Waals surface area (Å²) in [6.45, 7) is 3.46. The van der Waals surface area contributed by atoms with Crippen molar-refractivity contribution in [3.63, 3.8) is 0 Å². The third-order valence-corrected chi connectivity index (χ3v) is 5.15. The van der Waals surface area contributed by atoms with Crippen LogP contribution in [0.3, 0.4) is 0 Å². The van der Waals surface area contributed by atoms with Gasteiger partial charge in [0.05, 0.1) is 0 Å². The van der Waals surface area contributed by atoms with Gasteiger partial charge in [-0.05, 0) is 26.0 Å². The van der Waals surface area contributed by atoms with Crippen LogP contribution in [0.25, 0.3) is 0 Å². The molecule has 1 aromatic rings. The van der Waals surface area contributed by atoms with Gasteiger partial charge in [-0.25, -0.2) is 0 Å². The summed E-state index contributed by atoms with van der Waals surface area (Å²) < 4.78 is 11.4. The van der Waals surface area contributed by atoms with Crippen LogP contribution in [0.15, 0.2) is 30.3 Å². The van der Waals surface area contributed by atoms with Crippen LogP contribution in [-0.2, 0) is 4.57 Å². The van der Waals surface area contributed by atoms with Gasteiger partial charge in [-0.1, -0.05) is 18.2 Å². The molecule has 0 aromatic heterocycles. The summed E-state index contributed by atoms with van der Waals surface area (Å²) in [5, 5.41) is 0.375. The molecule has 0 amide bonds. The summed E-state index contributed by atoms with van der Waals surface area (Å²) in [5.74, 6) is -0.879. The van der Waals surface area contributed by atoms with Gasteiger partial charge in [-0.3, -0.25) is 4.57 Å². The molecule has 0 fully saturated rings. The first-order valence-electron chi connectivity index (χ1n) is 4.62. The fourth-order valence-electron chi connectivity index (χ4n) is 1.23. The van der Waals surface area contributed by atoms with Gasteiger partial charge in [0.15, 0.2) is 0 Å². The van der Waals surface area contributed by atoms with E-state index in [0.29, 0.717) is 5.30 Å². The van der Waals surface area contributed by atoms with Crippen molar-refractivity contribution in [2.24, 2.45) is 5.73 Å². The van der Waals surface area contributed by atoms with E-state index in [9.17, 15) is 9.46 Å². The van der Waals surface area contributed by atoms with Crippen molar-refractivity contribution in [1.82, 2.24) is 0 Å². The average Bonchev–Trinajstić information content (AvgIpc) is 2.16. The van der Waals surface area contributed by atoms with E-state index in [1.807, 2.05) is 0 Å². The zero-order valence-electron chi connectivity index (χ0n) is 8.79. The lowest BCUT2D eigenvalue weighted by Crippen LogP contribution is -2.40. The van der Waals surface area contributed by atoms with Crippen molar-refractivity contribution in [2.75, 3.05) is 0 Å². The molecule has 5 heteroatoms. The van der Waals surface area contributed by atoms with E-state index in [4.69, 9.17) is 5.73 Å². The summed E-state index contributed by atoms with van der Waals surface area (Å²) in [7, 11) is -3.56. The number of hydrogen-bond acceptors (Lipinski definition) is 3. The van der Waals surface area contributed by atoms with Gasteiger partial charge in [0.25, 0.3) is 0 Å². The predicted molar refractivity (Wildman–Crippen MR) is 66.9 cm³/mol. The monoisotopic (exact) mass is 245 g/mol. The van der Waals surface area contributed by atoms with Gasteiger partial charge in [-0.2, -0.15) is 12.6 Å². The third-order valence-electron chi connectivity index (χ3n) is 2.23. The SMILES string of the molecule is CC(C)(S)C(N)P(=O)(O)c1ccccc1. The van der Waals surface area contributed by atoms with Crippen molar-refractivity contribution >= 4 is 25.3 Å². The topological polar surface area (TPSA) is 63.3 Å². The Labute approximate surface area is 95.6 Å². The van der Waals surface area contributed by atoms with E-state index in [1.54, 1.807) is 44.2 Å². The Hall–Kier alpha value is -0.280. The van der Waals surface area contributed by atoms with E-state index >= 15 is 0 Å². The number of rotatable bonds is 3. The number of benzene rings is 1. The molecule has 1 rings (SSSR count). The first kappa shape index (κ1) is 12.8. The molecule has 0 aliphatic rings. The van der Waals surface area contributed by atoms with Gasteiger partial charge in [0.1, 0.15) is 5.78 Å². The summed E-state index contributed by atoms with van der Waals surface area (Å²) in [6.07, 6.45) is 0. The van der Waals surface area contributed by atoms with Crippen LogP contribution in [0.2, 0.25) is 0 Å². The highest BCUT2D eigenvalue weighted by Crippen LogP contribution is 2.48. The molecule has 0 bridgehead atoms. The van der Waals surface area contributed by atoms with Crippen molar-refractivity contribution in [2.45, 2.75) is 24.4 Å². The normalized spacial score (nSPS) is 18.2. The molecule has 3 nitrogen and oxygen atoms in total. The summed E-state index contributed by atoms with van der Waals surface area (Å²) in [6, 6.07) is 8.45. The zero-order chi connectivity index (χ0) is 11.7. The zero-order valence-corrected chi connectivity index (χ0v) is 10.6. The molecule has 3 N–H and O–H groups in total. The first-order valence-corrected chi connectivity index (χ1v) is 6.80. The minimum atomic E-state index is -3.56. The van der Waals surface area contributed by atoms with Crippen LogP contribution in [-0.4, -0.2) is 15.4 Å². The van der Waals surface area contributed by atoms with Gasteiger partial charge in [-0.15, -0.1) is 0 Å². The molecule has 84 valence electrons. The smallest absolute Gasteiger partial charge is 0.247 e. The Bertz CT molecular complexity index is 375. The Morgan fingerprint density at radius 3 is 2.27 bits per heavy atom. The molecule has 1 aromatic carbocycles. The van der Waals surface area contributed by atoms with Crippen LogP contribution in [0, 0.1) is 0 Å². The van der Waals surface area contributed by atoms with E-state index in [-0.39, 0.29) is 0 Å². The van der Waals surface area contributed by atoms with Crippen LogP contribution in [0.5, 0.6) is 0 Å². The molecule has 2 unspecified atom stereocenters. The minimum absolute atomic E-state index is 0.375. The van der Waals surface area contributed by atoms with E-state index in [1.165, 1.54) is 0 Å². The lowest BCUT2D eigenvalue weighted by molar-refractivity contribution is 0.461. The average molecular weight is 245 g/mol. The largest absolute Gasteiger partial charge is 0.340 e. The Kier molecular flexibility index (Phi) is 3.67. The lowest BCUT2D eigenvalue weighted by atomic mass is 10.2. The molecule has 0 saturated heterocycles. The lowest BCUT2D eigenvalue weighted by Gasteiger charge is -2.30. The van der Waals surface area contributed by atoms with Gasteiger partial charge in [0, 0.05) is 10.1 Å². The molecule has 2 atom stereocenters. The highest BCUT2D eigenvalue weighted by molar-refractivity contribution is 7.82. The van der Waals surface area contributed by atoms with Crippen LogP contribution >= 0.6 is 20.0 Å². The van der Waals surface area contributed by atoms with E-state index < -0.39 is 17.9 Å². The molecule has 0 heterocycles. The van der Waals surface area contributed by atoms with E-state index in [0.717, 1.165) is 0 Å². The summed E-state index contributed by atoms with van der Waals surface area (Å²) in [5.41, 5.74) is 5.77. The van der Waals surface area contributed by atoms with Crippen molar-refractivity contribution in [3.05, 3.63) is 30.3 Å². The van der Waals surface area contributed by atoms with Crippen LogP contribution < -0.4 is 11.0 Å². The van der Waals surface area contributed by atoms with Crippen LogP contribution in [0.1, 0.15) is 13.8 Å². The quantitative estimate of drug-likeness (QED) is 0.559. The second-order valence-electron chi connectivity index (χ2n) is 4.06. The molecule has 0 aliphatic carbocycles. The number of thiol groups is 1. The van der Waals surface area contributed by atoms with Crippen molar-refractivity contribution in [3.8, 4) is 0 Å². The van der Waals surface area contributed by atoms with Gasteiger partial charge >= 0.3 is 0 Å². The Balaban J connectivity index is 3.09. The van der Waals surface area contributed by atoms with E-state index in [2.05, 4.69) is 12.6 Å².